The number of nitrogens with two attached hydrogens (primary N) is 1. The van der Waals surface area contributed by atoms with Gasteiger partial charge < -0.3 is 20.1 Å². The third-order valence-electron chi connectivity index (χ3n) is 12.0. The van der Waals surface area contributed by atoms with E-state index in [9.17, 15) is 14.3 Å². The Labute approximate surface area is 431 Å². The molecule has 0 aliphatic heterocycles. The third-order valence-corrected chi connectivity index (χ3v) is 13.0. The molecule has 0 saturated carbocycles. The van der Waals surface area contributed by atoms with Crippen LogP contribution in [0.5, 0.6) is 0 Å². The van der Waals surface area contributed by atoms with Crippen LogP contribution in [0.15, 0.2) is 97.2 Å². The quantitative estimate of drug-likeness (QED) is 0.0268. The Kier molecular flexibility index (Phi) is 55.2. The van der Waals surface area contributed by atoms with Gasteiger partial charge in [0.25, 0.3) is 0 Å². The number of phosphoric acid groups is 1. The highest BCUT2D eigenvalue weighted by Gasteiger charge is 2.25. The van der Waals surface area contributed by atoms with E-state index < -0.39 is 13.9 Å². The van der Waals surface area contributed by atoms with E-state index in [0.29, 0.717) is 13.0 Å². The standard InChI is InChI=1S/C61H108NO7P/c1-3-5-7-9-11-13-15-17-19-21-23-25-27-29-31-33-35-37-39-41-43-45-47-49-51-53-56-66-58-60(59-68-70(64,65)67-57-55-62)69-61(63)54-52-50-48-46-44-42-40-38-36-34-32-30-28-26-24-22-20-18-16-14-12-10-8-6-4-2/h5,7,11,13,16-19,22-25,28-31,60H,3-4,6,8-10,12,14-15,20-21,26-27,32-59,62H2,1-2H3,(H,64,65)/b7-5-,13-11-,18-16-,19-17-,24-22-,25-23-,30-28-,31-29-. The number of phosphoric ester groups is 1. The molecule has 0 aromatic rings. The second-order valence-corrected chi connectivity index (χ2v) is 20.2. The predicted molar refractivity (Wildman–Crippen MR) is 302 cm³/mol. The van der Waals surface area contributed by atoms with Gasteiger partial charge in [-0.05, 0) is 96.3 Å². The van der Waals surface area contributed by atoms with Crippen LogP contribution in [0.1, 0.15) is 245 Å². The SMILES string of the molecule is CC/C=C\C/C=C\C/C=C\C/C=C\C/C=C\CCCCCCCCCCCCOCC(COP(=O)(O)OCCN)OC(=O)CCCCCCCCCCCC/C=C\C/C=C\C/C=C\CCCCCCC. The van der Waals surface area contributed by atoms with Crippen molar-refractivity contribution < 1.29 is 32.8 Å². The first-order chi connectivity index (χ1) is 34.4. The molecular formula is C61H108NO7P. The molecule has 0 spiro atoms. The van der Waals surface area contributed by atoms with Gasteiger partial charge in [0.15, 0.2) is 0 Å². The predicted octanol–water partition coefficient (Wildman–Crippen LogP) is 18.5. The second kappa shape index (κ2) is 57.3. The Bertz CT molecular complexity index is 1400. The van der Waals surface area contributed by atoms with Crippen molar-refractivity contribution in [2.45, 2.75) is 251 Å². The van der Waals surface area contributed by atoms with Gasteiger partial charge in [-0.25, -0.2) is 4.57 Å². The Morgan fingerprint density at radius 1 is 0.443 bits per heavy atom. The lowest BCUT2D eigenvalue weighted by Gasteiger charge is -2.20. The van der Waals surface area contributed by atoms with Gasteiger partial charge in [-0.3, -0.25) is 13.8 Å². The summed E-state index contributed by atoms with van der Waals surface area (Å²) in [6.07, 6.45) is 77.4. The van der Waals surface area contributed by atoms with E-state index in [1.54, 1.807) is 0 Å². The van der Waals surface area contributed by atoms with Crippen LogP contribution in [0, 0.1) is 0 Å². The first kappa shape index (κ1) is 67.4. The number of hydrogen-bond acceptors (Lipinski definition) is 7. The molecule has 0 heterocycles. The average molecular weight is 999 g/mol. The van der Waals surface area contributed by atoms with Gasteiger partial charge in [0, 0.05) is 19.6 Å². The molecule has 9 heteroatoms. The molecule has 70 heavy (non-hydrogen) atoms. The molecule has 3 N–H and O–H groups in total. The molecular weight excluding hydrogens is 890 g/mol. The number of rotatable bonds is 54. The van der Waals surface area contributed by atoms with Crippen molar-refractivity contribution in [2.75, 3.05) is 33.0 Å². The van der Waals surface area contributed by atoms with E-state index in [4.69, 9.17) is 24.3 Å². The Morgan fingerprint density at radius 3 is 1.20 bits per heavy atom. The summed E-state index contributed by atoms with van der Waals surface area (Å²) in [5, 5.41) is 0. The molecule has 0 fully saturated rings. The van der Waals surface area contributed by atoms with Gasteiger partial charge in [-0.1, -0.05) is 239 Å². The number of carbonyl (C=O) groups is 1. The summed E-state index contributed by atoms with van der Waals surface area (Å²) in [7, 11) is -4.30. The molecule has 0 amide bonds. The van der Waals surface area contributed by atoms with Crippen molar-refractivity contribution in [3.63, 3.8) is 0 Å². The Balaban J connectivity index is 3.94. The lowest BCUT2D eigenvalue weighted by Crippen LogP contribution is -2.28. The summed E-state index contributed by atoms with van der Waals surface area (Å²) in [6.45, 7) is 4.79. The molecule has 8 nitrogen and oxygen atoms in total. The molecule has 0 bridgehead atoms. The highest BCUT2D eigenvalue weighted by molar-refractivity contribution is 7.47. The van der Waals surface area contributed by atoms with Gasteiger partial charge in [0.1, 0.15) is 6.10 Å². The van der Waals surface area contributed by atoms with Crippen LogP contribution in [0.3, 0.4) is 0 Å². The average Bonchev–Trinajstić information content (AvgIpc) is 3.35. The normalized spacial score (nSPS) is 13.9. The minimum Gasteiger partial charge on any atom is -0.457 e. The summed E-state index contributed by atoms with van der Waals surface area (Å²) in [4.78, 5) is 22.7. The molecule has 0 aliphatic carbocycles. The van der Waals surface area contributed by atoms with Crippen LogP contribution in [-0.4, -0.2) is 49.9 Å². The minimum absolute atomic E-state index is 0.0945. The molecule has 0 aromatic heterocycles. The Morgan fingerprint density at radius 2 is 0.800 bits per heavy atom. The molecule has 2 atom stereocenters. The van der Waals surface area contributed by atoms with Crippen LogP contribution >= 0.6 is 7.82 Å². The Hall–Kier alpha value is -2.58. The highest BCUT2D eigenvalue weighted by atomic mass is 31.2. The maximum Gasteiger partial charge on any atom is 0.472 e. The van der Waals surface area contributed by atoms with E-state index in [1.165, 1.54) is 148 Å². The molecule has 2 unspecified atom stereocenters. The number of carbonyl (C=O) groups excluding carboxylic acids is 1. The maximum atomic E-state index is 12.7. The van der Waals surface area contributed by atoms with E-state index in [-0.39, 0.29) is 32.3 Å². The summed E-state index contributed by atoms with van der Waals surface area (Å²) < 4.78 is 33.7. The zero-order chi connectivity index (χ0) is 50.8. The summed E-state index contributed by atoms with van der Waals surface area (Å²) in [5.74, 6) is -0.337. The fourth-order valence-corrected chi connectivity index (χ4v) is 8.56. The number of allylic oxidation sites excluding steroid dienone is 16. The van der Waals surface area contributed by atoms with Crippen molar-refractivity contribution in [1.82, 2.24) is 0 Å². The number of ether oxygens (including phenoxy) is 2. The molecule has 404 valence electrons. The van der Waals surface area contributed by atoms with Crippen LogP contribution in [-0.2, 0) is 27.9 Å². The zero-order valence-electron chi connectivity index (χ0n) is 45.2. The van der Waals surface area contributed by atoms with Crippen LogP contribution in [0.25, 0.3) is 0 Å². The highest BCUT2D eigenvalue weighted by Crippen LogP contribution is 2.43. The largest absolute Gasteiger partial charge is 0.472 e. The van der Waals surface area contributed by atoms with Gasteiger partial charge in [0.2, 0.25) is 0 Å². The monoisotopic (exact) mass is 998 g/mol. The van der Waals surface area contributed by atoms with Gasteiger partial charge in [-0.2, -0.15) is 0 Å². The molecule has 0 aliphatic rings. The van der Waals surface area contributed by atoms with E-state index >= 15 is 0 Å². The number of hydrogen-bond donors (Lipinski definition) is 2. The summed E-state index contributed by atoms with van der Waals surface area (Å²) in [5.41, 5.74) is 5.40. The topological polar surface area (TPSA) is 117 Å². The van der Waals surface area contributed by atoms with Crippen molar-refractivity contribution in [1.29, 1.82) is 0 Å². The van der Waals surface area contributed by atoms with Crippen LogP contribution < -0.4 is 5.73 Å². The van der Waals surface area contributed by atoms with E-state index in [2.05, 4.69) is 111 Å². The van der Waals surface area contributed by atoms with Gasteiger partial charge in [0.05, 0.1) is 19.8 Å². The summed E-state index contributed by atoms with van der Waals surface area (Å²) in [6, 6.07) is 0. The molecule has 0 saturated heterocycles. The van der Waals surface area contributed by atoms with Crippen LogP contribution in [0.4, 0.5) is 0 Å². The van der Waals surface area contributed by atoms with Crippen molar-refractivity contribution in [3.05, 3.63) is 97.2 Å². The lowest BCUT2D eigenvalue weighted by atomic mass is 10.0. The van der Waals surface area contributed by atoms with Crippen molar-refractivity contribution in [2.24, 2.45) is 5.73 Å². The van der Waals surface area contributed by atoms with Gasteiger partial charge in [-0.15, -0.1) is 0 Å². The van der Waals surface area contributed by atoms with Crippen molar-refractivity contribution in [3.8, 4) is 0 Å². The first-order valence-corrected chi connectivity index (χ1v) is 30.2. The van der Waals surface area contributed by atoms with Crippen molar-refractivity contribution >= 4 is 13.8 Å². The fourth-order valence-electron chi connectivity index (χ4n) is 7.80. The molecule has 0 radical (unpaired) electrons. The lowest BCUT2D eigenvalue weighted by molar-refractivity contribution is -0.154. The fraction of sp³-hybridized carbons (Fsp3) is 0.721. The minimum atomic E-state index is -4.30. The second-order valence-electron chi connectivity index (χ2n) is 18.8. The maximum absolute atomic E-state index is 12.7. The number of unbranched alkanes of at least 4 members (excludes halogenated alkanes) is 25. The number of esters is 1. The smallest absolute Gasteiger partial charge is 0.457 e. The third kappa shape index (κ3) is 56.3. The summed E-state index contributed by atoms with van der Waals surface area (Å²) >= 11 is 0. The molecule has 0 aromatic carbocycles. The van der Waals surface area contributed by atoms with Gasteiger partial charge >= 0.3 is 13.8 Å². The zero-order valence-corrected chi connectivity index (χ0v) is 46.1. The first-order valence-electron chi connectivity index (χ1n) is 28.7. The van der Waals surface area contributed by atoms with Crippen LogP contribution in [0.2, 0.25) is 0 Å². The van der Waals surface area contributed by atoms with E-state index in [1.807, 2.05) is 0 Å². The molecule has 0 rings (SSSR count). The van der Waals surface area contributed by atoms with E-state index in [0.717, 1.165) is 77.0 Å².